The van der Waals surface area contributed by atoms with E-state index in [1.165, 1.54) is 18.3 Å². The number of halogens is 1. The van der Waals surface area contributed by atoms with Crippen molar-refractivity contribution >= 4 is 17.2 Å². The van der Waals surface area contributed by atoms with E-state index in [1.807, 2.05) is 5.38 Å². The van der Waals surface area contributed by atoms with E-state index in [0.29, 0.717) is 29.8 Å². The molecule has 0 bridgehead atoms. The third kappa shape index (κ3) is 3.98. The maximum Gasteiger partial charge on any atom is 0.252 e. The van der Waals surface area contributed by atoms with Gasteiger partial charge in [0.1, 0.15) is 5.82 Å². The van der Waals surface area contributed by atoms with E-state index in [2.05, 4.69) is 15.3 Å². The molecule has 4 nitrogen and oxygen atoms in total. The molecule has 3 rings (SSSR count). The molecule has 6 heteroatoms. The summed E-state index contributed by atoms with van der Waals surface area (Å²) in [6.45, 7) is 0.526. The third-order valence-electron chi connectivity index (χ3n) is 3.25. The molecule has 1 aromatic carbocycles. The molecule has 0 spiro atoms. The first-order chi connectivity index (χ1) is 11.2. The Hall–Kier alpha value is -2.60. The van der Waals surface area contributed by atoms with Crippen LogP contribution in [0.2, 0.25) is 0 Å². The summed E-state index contributed by atoms with van der Waals surface area (Å²) < 4.78 is 13.2. The zero-order valence-corrected chi connectivity index (χ0v) is 13.0. The second kappa shape index (κ2) is 7.11. The number of aromatic nitrogens is 2. The van der Waals surface area contributed by atoms with Crippen molar-refractivity contribution in [1.29, 1.82) is 0 Å². The molecule has 0 aliphatic carbocycles. The van der Waals surface area contributed by atoms with Gasteiger partial charge in [0, 0.05) is 36.3 Å². The van der Waals surface area contributed by atoms with E-state index in [9.17, 15) is 9.18 Å². The second-order valence-electron chi connectivity index (χ2n) is 4.87. The average molecular weight is 327 g/mol. The molecule has 0 aliphatic heterocycles. The minimum Gasteiger partial charge on any atom is -0.352 e. The molecular formula is C17H14FN3OS. The Bertz CT molecular complexity index is 788. The zero-order chi connectivity index (χ0) is 16.1. The Morgan fingerprint density at radius 2 is 2.13 bits per heavy atom. The second-order valence-corrected chi connectivity index (χ2v) is 5.85. The number of nitrogens with one attached hydrogen (secondary N) is 1. The minimum atomic E-state index is -0.312. The van der Waals surface area contributed by atoms with Gasteiger partial charge in [-0.2, -0.15) is 0 Å². The normalized spacial score (nSPS) is 10.5. The number of rotatable bonds is 5. The van der Waals surface area contributed by atoms with Crippen molar-refractivity contribution in [3.8, 4) is 11.3 Å². The van der Waals surface area contributed by atoms with Crippen molar-refractivity contribution in [1.82, 2.24) is 15.3 Å². The van der Waals surface area contributed by atoms with Crippen LogP contribution in [0.15, 0.2) is 54.2 Å². The fraction of sp³-hybridized carbons (Fsp3) is 0.118. The summed E-state index contributed by atoms with van der Waals surface area (Å²) in [6, 6.07) is 9.60. The molecule has 1 N–H and O–H groups in total. The van der Waals surface area contributed by atoms with Crippen LogP contribution < -0.4 is 5.32 Å². The molecule has 0 saturated heterocycles. The first-order valence-electron chi connectivity index (χ1n) is 7.11. The van der Waals surface area contributed by atoms with E-state index >= 15 is 0 Å². The van der Waals surface area contributed by atoms with Crippen LogP contribution in [0.25, 0.3) is 11.3 Å². The van der Waals surface area contributed by atoms with Gasteiger partial charge in [-0.1, -0.05) is 12.1 Å². The number of thiazole rings is 1. The SMILES string of the molecule is O=C(NCCc1nccs1)c1ccc(-c2cccc(F)c2)nc1. The Kier molecular flexibility index (Phi) is 4.73. The average Bonchev–Trinajstić information content (AvgIpc) is 3.08. The number of pyridine rings is 1. The minimum absolute atomic E-state index is 0.181. The summed E-state index contributed by atoms with van der Waals surface area (Å²) in [7, 11) is 0. The molecule has 2 aromatic heterocycles. The fourth-order valence-electron chi connectivity index (χ4n) is 2.11. The number of benzene rings is 1. The Balaban J connectivity index is 1.61. The van der Waals surface area contributed by atoms with Crippen LogP contribution in [0.1, 0.15) is 15.4 Å². The molecule has 0 saturated carbocycles. The Morgan fingerprint density at radius 3 is 2.83 bits per heavy atom. The van der Waals surface area contributed by atoms with Gasteiger partial charge >= 0.3 is 0 Å². The number of nitrogens with zero attached hydrogens (tertiary/aromatic N) is 2. The highest BCUT2D eigenvalue weighted by Crippen LogP contribution is 2.17. The first kappa shape index (κ1) is 15.3. The van der Waals surface area contributed by atoms with Crippen molar-refractivity contribution in [2.75, 3.05) is 6.54 Å². The highest BCUT2D eigenvalue weighted by molar-refractivity contribution is 7.09. The summed E-state index contributed by atoms with van der Waals surface area (Å²) in [5.74, 6) is -0.492. The largest absolute Gasteiger partial charge is 0.352 e. The molecule has 1 amide bonds. The van der Waals surface area contributed by atoms with E-state index < -0.39 is 0 Å². The van der Waals surface area contributed by atoms with Gasteiger partial charge in [-0.3, -0.25) is 9.78 Å². The quantitative estimate of drug-likeness (QED) is 0.782. The molecule has 0 fully saturated rings. The van der Waals surface area contributed by atoms with Crippen LogP contribution in [0.3, 0.4) is 0 Å². The lowest BCUT2D eigenvalue weighted by molar-refractivity contribution is 0.0954. The summed E-state index contributed by atoms with van der Waals surface area (Å²) in [5.41, 5.74) is 1.79. The molecule has 2 heterocycles. The van der Waals surface area contributed by atoms with Gasteiger partial charge < -0.3 is 5.32 Å². The van der Waals surface area contributed by atoms with E-state index in [1.54, 1.807) is 41.8 Å². The van der Waals surface area contributed by atoms with E-state index in [4.69, 9.17) is 0 Å². The smallest absolute Gasteiger partial charge is 0.252 e. The monoisotopic (exact) mass is 327 g/mol. The van der Waals surface area contributed by atoms with Crippen molar-refractivity contribution in [3.05, 3.63) is 70.6 Å². The van der Waals surface area contributed by atoms with Crippen LogP contribution in [-0.4, -0.2) is 22.4 Å². The van der Waals surface area contributed by atoms with Crippen LogP contribution in [0, 0.1) is 5.82 Å². The van der Waals surface area contributed by atoms with Crippen molar-refractivity contribution in [2.24, 2.45) is 0 Å². The number of hydrogen-bond donors (Lipinski definition) is 1. The molecule has 23 heavy (non-hydrogen) atoms. The highest BCUT2D eigenvalue weighted by atomic mass is 32.1. The molecule has 3 aromatic rings. The topological polar surface area (TPSA) is 54.9 Å². The summed E-state index contributed by atoms with van der Waals surface area (Å²) >= 11 is 1.57. The van der Waals surface area contributed by atoms with Gasteiger partial charge in [0.05, 0.1) is 16.3 Å². The van der Waals surface area contributed by atoms with Crippen LogP contribution in [-0.2, 0) is 6.42 Å². The maximum atomic E-state index is 13.2. The van der Waals surface area contributed by atoms with Gasteiger partial charge in [0.2, 0.25) is 0 Å². The summed E-state index contributed by atoms with van der Waals surface area (Å²) in [6.07, 6.45) is 3.95. The first-order valence-corrected chi connectivity index (χ1v) is 7.99. The maximum absolute atomic E-state index is 13.2. The van der Waals surface area contributed by atoms with Crippen LogP contribution in [0.5, 0.6) is 0 Å². The van der Waals surface area contributed by atoms with Crippen LogP contribution in [0.4, 0.5) is 4.39 Å². The number of amides is 1. The molecule has 0 atom stereocenters. The van der Waals surface area contributed by atoms with E-state index in [0.717, 1.165) is 5.01 Å². The lowest BCUT2D eigenvalue weighted by atomic mass is 10.1. The molecule has 0 unspecified atom stereocenters. The zero-order valence-electron chi connectivity index (χ0n) is 12.2. The van der Waals surface area contributed by atoms with Gasteiger partial charge in [-0.15, -0.1) is 11.3 Å². The standard InChI is InChI=1S/C17H14FN3OS/c18-14-3-1-2-12(10-14)15-5-4-13(11-21-15)17(22)20-7-6-16-19-8-9-23-16/h1-5,8-11H,6-7H2,(H,20,22). The fourth-order valence-corrected chi connectivity index (χ4v) is 2.73. The van der Waals surface area contributed by atoms with Gasteiger partial charge in [-0.25, -0.2) is 9.37 Å². The predicted octanol–water partition coefficient (Wildman–Crippen LogP) is 3.32. The lowest BCUT2D eigenvalue weighted by Crippen LogP contribution is -2.25. The van der Waals surface area contributed by atoms with Gasteiger partial charge in [0.25, 0.3) is 5.91 Å². The third-order valence-corrected chi connectivity index (χ3v) is 4.09. The Labute approximate surface area is 137 Å². The summed E-state index contributed by atoms with van der Waals surface area (Å²) in [4.78, 5) is 20.4. The molecule has 0 radical (unpaired) electrons. The van der Waals surface area contributed by atoms with Crippen molar-refractivity contribution in [3.63, 3.8) is 0 Å². The van der Waals surface area contributed by atoms with Crippen LogP contribution >= 0.6 is 11.3 Å². The van der Waals surface area contributed by atoms with Gasteiger partial charge in [0.15, 0.2) is 0 Å². The van der Waals surface area contributed by atoms with Crippen molar-refractivity contribution in [2.45, 2.75) is 6.42 Å². The Morgan fingerprint density at radius 1 is 1.22 bits per heavy atom. The predicted molar refractivity (Wildman–Crippen MR) is 87.8 cm³/mol. The molecule has 0 aliphatic rings. The van der Waals surface area contributed by atoms with Crippen molar-refractivity contribution < 1.29 is 9.18 Å². The number of carbonyl (C=O) groups is 1. The molecule has 116 valence electrons. The summed E-state index contributed by atoms with van der Waals surface area (Å²) in [5, 5.41) is 5.73. The lowest BCUT2D eigenvalue weighted by Gasteiger charge is -2.05. The van der Waals surface area contributed by atoms with E-state index in [-0.39, 0.29) is 11.7 Å². The number of carbonyl (C=O) groups excluding carboxylic acids is 1. The molecular weight excluding hydrogens is 313 g/mol. The van der Waals surface area contributed by atoms with Gasteiger partial charge in [-0.05, 0) is 24.3 Å². The number of hydrogen-bond acceptors (Lipinski definition) is 4. The highest BCUT2D eigenvalue weighted by Gasteiger charge is 2.07.